The molecule has 1 saturated heterocycles. The van der Waals surface area contributed by atoms with Gasteiger partial charge in [-0.1, -0.05) is 0 Å². The second-order valence-corrected chi connectivity index (χ2v) is 6.30. The number of hydrogen-bond donors (Lipinski definition) is 1. The van der Waals surface area contributed by atoms with Gasteiger partial charge in [0.25, 0.3) is 0 Å². The Kier molecular flexibility index (Phi) is 4.04. The average Bonchev–Trinajstić information content (AvgIpc) is 2.91. The van der Waals surface area contributed by atoms with Gasteiger partial charge in [-0.2, -0.15) is 5.10 Å². The largest absolute Gasteiger partial charge is 0.458 e. The number of carbonyl (C=O) groups excluding carboxylic acids is 1. The number of nitrogens with zero attached hydrogens (tertiary/aromatic N) is 3. The summed E-state index contributed by atoms with van der Waals surface area (Å²) in [6.07, 6.45) is 5.34. The fraction of sp³-hybridized carbons (Fsp3) is 0.714. The number of aromatic nitrogens is 2. The first-order chi connectivity index (χ1) is 9.31. The van der Waals surface area contributed by atoms with Crippen LogP contribution in [-0.4, -0.2) is 40.0 Å². The highest BCUT2D eigenvalue weighted by molar-refractivity contribution is 5.81. The van der Waals surface area contributed by atoms with Gasteiger partial charge >= 0.3 is 5.97 Å². The highest BCUT2D eigenvalue weighted by Crippen LogP contribution is 2.31. The van der Waals surface area contributed by atoms with Crippen molar-refractivity contribution in [1.29, 1.82) is 0 Å². The second kappa shape index (κ2) is 5.44. The maximum Gasteiger partial charge on any atom is 0.329 e. The standard InChI is InChI=1S/C14H24N4O2/c1-14(2,3)20-13(19)12-6-5-10(7-15)18(12)11-8-16-17(4)9-11/h8-10,12H,5-7,15H2,1-4H3/t10-,12+/m0/s1. The van der Waals surface area contributed by atoms with Crippen LogP contribution in [0, 0.1) is 0 Å². The monoisotopic (exact) mass is 280 g/mol. The van der Waals surface area contributed by atoms with Crippen molar-refractivity contribution < 1.29 is 9.53 Å². The molecule has 1 aliphatic heterocycles. The summed E-state index contributed by atoms with van der Waals surface area (Å²) in [5.41, 5.74) is 6.29. The molecule has 1 aromatic rings. The minimum absolute atomic E-state index is 0.164. The van der Waals surface area contributed by atoms with Gasteiger partial charge in [0.15, 0.2) is 0 Å². The quantitative estimate of drug-likeness (QED) is 0.838. The third kappa shape index (κ3) is 3.12. The van der Waals surface area contributed by atoms with Crippen LogP contribution in [0.1, 0.15) is 33.6 Å². The molecule has 1 aliphatic rings. The molecule has 1 fully saturated rings. The molecule has 20 heavy (non-hydrogen) atoms. The van der Waals surface area contributed by atoms with E-state index in [2.05, 4.69) is 10.00 Å². The van der Waals surface area contributed by atoms with Crippen molar-refractivity contribution in [2.24, 2.45) is 12.8 Å². The summed E-state index contributed by atoms with van der Waals surface area (Å²) < 4.78 is 7.25. The van der Waals surface area contributed by atoms with E-state index in [4.69, 9.17) is 10.5 Å². The molecule has 0 saturated carbocycles. The summed E-state index contributed by atoms with van der Waals surface area (Å²) in [4.78, 5) is 14.4. The number of carbonyl (C=O) groups is 1. The Morgan fingerprint density at radius 2 is 2.20 bits per heavy atom. The smallest absolute Gasteiger partial charge is 0.329 e. The fourth-order valence-corrected chi connectivity index (χ4v) is 2.65. The summed E-state index contributed by atoms with van der Waals surface area (Å²) in [5, 5.41) is 4.18. The molecule has 0 aromatic carbocycles. The molecule has 2 N–H and O–H groups in total. The molecule has 2 atom stereocenters. The first-order valence-corrected chi connectivity index (χ1v) is 7.02. The molecule has 6 heteroatoms. The predicted molar refractivity (Wildman–Crippen MR) is 77.4 cm³/mol. The van der Waals surface area contributed by atoms with E-state index in [1.807, 2.05) is 34.0 Å². The summed E-state index contributed by atoms with van der Waals surface area (Å²) in [6.45, 7) is 6.17. The molecule has 2 rings (SSSR count). The van der Waals surface area contributed by atoms with Crippen LogP contribution in [0.2, 0.25) is 0 Å². The predicted octanol–water partition coefficient (Wildman–Crippen LogP) is 1.06. The fourth-order valence-electron chi connectivity index (χ4n) is 2.65. The minimum Gasteiger partial charge on any atom is -0.458 e. The van der Waals surface area contributed by atoms with E-state index in [1.165, 1.54) is 0 Å². The van der Waals surface area contributed by atoms with Crippen molar-refractivity contribution >= 4 is 11.7 Å². The van der Waals surface area contributed by atoms with Crippen LogP contribution in [0.5, 0.6) is 0 Å². The zero-order chi connectivity index (χ0) is 14.9. The summed E-state index contributed by atoms with van der Waals surface area (Å²) >= 11 is 0. The molecule has 0 bridgehead atoms. The molecule has 0 unspecified atom stereocenters. The van der Waals surface area contributed by atoms with E-state index >= 15 is 0 Å². The summed E-state index contributed by atoms with van der Waals surface area (Å²) in [6, 6.07) is -0.108. The van der Waals surface area contributed by atoms with Crippen LogP contribution >= 0.6 is 0 Å². The third-order valence-electron chi connectivity index (χ3n) is 3.44. The molecule has 0 spiro atoms. The number of nitrogens with two attached hydrogens (primary N) is 1. The van der Waals surface area contributed by atoms with E-state index < -0.39 is 5.60 Å². The minimum atomic E-state index is -0.474. The SMILES string of the molecule is Cn1cc(N2[C@H](CN)CC[C@@H]2C(=O)OC(C)(C)C)cn1. The van der Waals surface area contributed by atoms with Crippen molar-refractivity contribution in [3.8, 4) is 0 Å². The van der Waals surface area contributed by atoms with E-state index in [0.29, 0.717) is 6.54 Å². The van der Waals surface area contributed by atoms with Gasteiger partial charge in [-0.15, -0.1) is 0 Å². The van der Waals surface area contributed by atoms with Crippen LogP contribution in [-0.2, 0) is 16.6 Å². The lowest BCUT2D eigenvalue weighted by atomic mass is 10.1. The topological polar surface area (TPSA) is 73.4 Å². The number of ether oxygens (including phenoxy) is 1. The molecular weight excluding hydrogens is 256 g/mol. The number of hydrogen-bond acceptors (Lipinski definition) is 5. The van der Waals surface area contributed by atoms with Gasteiger partial charge < -0.3 is 15.4 Å². The van der Waals surface area contributed by atoms with Gasteiger partial charge in [0, 0.05) is 25.8 Å². The van der Waals surface area contributed by atoms with Crippen molar-refractivity contribution in [3.05, 3.63) is 12.4 Å². The number of esters is 1. The lowest BCUT2D eigenvalue weighted by molar-refractivity contribution is -0.156. The summed E-state index contributed by atoms with van der Waals surface area (Å²) in [5.74, 6) is -0.183. The van der Waals surface area contributed by atoms with Gasteiger partial charge in [0.2, 0.25) is 0 Å². The number of anilines is 1. The van der Waals surface area contributed by atoms with Crippen LogP contribution in [0.4, 0.5) is 5.69 Å². The molecule has 2 heterocycles. The zero-order valence-corrected chi connectivity index (χ0v) is 12.7. The molecule has 112 valence electrons. The Morgan fingerprint density at radius 1 is 1.50 bits per heavy atom. The first kappa shape index (κ1) is 14.8. The van der Waals surface area contributed by atoms with E-state index in [-0.39, 0.29) is 18.1 Å². The highest BCUT2D eigenvalue weighted by Gasteiger charge is 2.40. The van der Waals surface area contributed by atoms with Gasteiger partial charge in [-0.3, -0.25) is 4.68 Å². The van der Waals surface area contributed by atoms with Crippen LogP contribution in [0.25, 0.3) is 0 Å². The van der Waals surface area contributed by atoms with Crippen LogP contribution < -0.4 is 10.6 Å². The Hall–Kier alpha value is -1.56. The first-order valence-electron chi connectivity index (χ1n) is 7.02. The molecule has 1 aromatic heterocycles. The average molecular weight is 280 g/mol. The normalized spacial score (nSPS) is 23.1. The molecule has 0 amide bonds. The molecule has 0 radical (unpaired) electrons. The van der Waals surface area contributed by atoms with Crippen LogP contribution in [0.3, 0.4) is 0 Å². The summed E-state index contributed by atoms with van der Waals surface area (Å²) in [7, 11) is 1.86. The highest BCUT2D eigenvalue weighted by atomic mass is 16.6. The Bertz CT molecular complexity index is 478. The molecular formula is C14H24N4O2. The van der Waals surface area contributed by atoms with Gasteiger partial charge in [-0.25, -0.2) is 4.79 Å². The van der Waals surface area contributed by atoms with Crippen molar-refractivity contribution in [3.63, 3.8) is 0 Å². The third-order valence-corrected chi connectivity index (χ3v) is 3.44. The van der Waals surface area contributed by atoms with Crippen molar-refractivity contribution in [1.82, 2.24) is 9.78 Å². The Morgan fingerprint density at radius 3 is 2.70 bits per heavy atom. The van der Waals surface area contributed by atoms with Gasteiger partial charge in [0.1, 0.15) is 11.6 Å². The number of rotatable bonds is 3. The maximum atomic E-state index is 12.4. The van der Waals surface area contributed by atoms with E-state index in [9.17, 15) is 4.79 Å². The molecule has 6 nitrogen and oxygen atoms in total. The molecule has 0 aliphatic carbocycles. The van der Waals surface area contributed by atoms with Crippen LogP contribution in [0.15, 0.2) is 12.4 Å². The Balaban J connectivity index is 2.21. The zero-order valence-electron chi connectivity index (χ0n) is 12.7. The maximum absolute atomic E-state index is 12.4. The van der Waals surface area contributed by atoms with Gasteiger partial charge in [-0.05, 0) is 33.6 Å². The van der Waals surface area contributed by atoms with E-state index in [1.54, 1.807) is 10.9 Å². The lowest BCUT2D eigenvalue weighted by Crippen LogP contribution is -2.46. The number of aryl methyl sites for hydroxylation is 1. The second-order valence-electron chi connectivity index (χ2n) is 6.30. The van der Waals surface area contributed by atoms with Crippen molar-refractivity contribution in [2.45, 2.75) is 51.3 Å². The lowest BCUT2D eigenvalue weighted by Gasteiger charge is -2.31. The van der Waals surface area contributed by atoms with Crippen molar-refractivity contribution in [2.75, 3.05) is 11.4 Å². The van der Waals surface area contributed by atoms with Gasteiger partial charge in [0.05, 0.1) is 11.9 Å². The van der Waals surface area contributed by atoms with E-state index in [0.717, 1.165) is 18.5 Å². The Labute approximate surface area is 119 Å².